The number of carbonyl (C=O) groups excluding carboxylic acids is 1. The van der Waals surface area contributed by atoms with E-state index in [-0.39, 0.29) is 30.7 Å². The molecule has 0 spiro atoms. The molecule has 1 fully saturated rings. The number of hydrogen-bond donors (Lipinski definition) is 2. The highest BCUT2D eigenvalue weighted by atomic mass is 35.5. The summed E-state index contributed by atoms with van der Waals surface area (Å²) in [6, 6.07) is 7.99. The third-order valence-corrected chi connectivity index (χ3v) is 4.32. The van der Waals surface area contributed by atoms with Crippen molar-refractivity contribution in [2.75, 3.05) is 31.6 Å². The molecule has 1 saturated heterocycles. The van der Waals surface area contributed by atoms with Gasteiger partial charge in [0.05, 0.1) is 0 Å². The second-order valence-electron chi connectivity index (χ2n) is 5.88. The van der Waals surface area contributed by atoms with Crippen molar-refractivity contribution in [3.63, 3.8) is 0 Å². The molecule has 3 N–H and O–H groups in total. The van der Waals surface area contributed by atoms with Gasteiger partial charge >= 0.3 is 0 Å². The third-order valence-electron chi connectivity index (χ3n) is 4.32. The number of carbonyl (C=O) groups is 1. The summed E-state index contributed by atoms with van der Waals surface area (Å²) in [5, 5.41) is 2.96. The highest BCUT2D eigenvalue weighted by Crippen LogP contribution is 2.21. The van der Waals surface area contributed by atoms with Crippen LogP contribution in [0, 0.1) is 0 Å². The first-order chi connectivity index (χ1) is 10.6. The van der Waals surface area contributed by atoms with Crippen LogP contribution in [0.25, 0.3) is 0 Å². The Labute approximate surface area is 157 Å². The maximum Gasteiger partial charge on any atom is 0.244 e. The molecule has 138 valence electrons. The molecule has 1 amide bonds. The minimum absolute atomic E-state index is 0. The number of anilines is 1. The zero-order valence-corrected chi connectivity index (χ0v) is 16.0. The third kappa shape index (κ3) is 6.22. The summed E-state index contributed by atoms with van der Waals surface area (Å²) in [6.07, 6.45) is 1.13. The molecule has 0 bridgehead atoms. The van der Waals surface area contributed by atoms with Gasteiger partial charge in [0.2, 0.25) is 5.91 Å². The molecule has 0 aliphatic carbocycles. The van der Waals surface area contributed by atoms with Crippen molar-refractivity contribution in [3.05, 3.63) is 29.8 Å². The van der Waals surface area contributed by atoms with Gasteiger partial charge in [-0.2, -0.15) is 0 Å². The lowest BCUT2D eigenvalue weighted by Crippen LogP contribution is -2.54. The van der Waals surface area contributed by atoms with Gasteiger partial charge in [-0.05, 0) is 43.6 Å². The molecule has 0 radical (unpaired) electrons. The lowest BCUT2D eigenvalue weighted by molar-refractivity contribution is -0.124. The minimum atomic E-state index is -0.812. The highest BCUT2D eigenvalue weighted by Gasteiger charge is 2.35. The van der Waals surface area contributed by atoms with Crippen LogP contribution in [0.3, 0.4) is 0 Å². The molecule has 24 heavy (non-hydrogen) atoms. The SMILES string of the molecule is CCN(CC)Cc1cccc(NC(=O)C2(N)CCOCC2)c1.Cl.Cl. The van der Waals surface area contributed by atoms with E-state index in [1.165, 1.54) is 5.56 Å². The van der Waals surface area contributed by atoms with Crippen LogP contribution in [0.5, 0.6) is 0 Å². The van der Waals surface area contributed by atoms with Gasteiger partial charge in [-0.25, -0.2) is 0 Å². The standard InChI is InChI=1S/C17H27N3O2.2ClH/c1-3-20(4-2)13-14-6-5-7-15(12-14)19-16(21)17(18)8-10-22-11-9-17;;/h5-7,12H,3-4,8-11,13,18H2,1-2H3,(H,19,21);2*1H. The van der Waals surface area contributed by atoms with Crippen molar-refractivity contribution in [2.45, 2.75) is 38.8 Å². The molecular weight excluding hydrogens is 349 g/mol. The summed E-state index contributed by atoms with van der Waals surface area (Å²) in [5.74, 6) is -0.115. The van der Waals surface area contributed by atoms with Gasteiger partial charge in [-0.1, -0.05) is 26.0 Å². The number of benzene rings is 1. The largest absolute Gasteiger partial charge is 0.381 e. The predicted octanol–water partition coefficient (Wildman–Crippen LogP) is 2.82. The Balaban J connectivity index is 0.00000264. The number of ether oxygens (including phenoxy) is 1. The molecule has 0 unspecified atom stereocenters. The van der Waals surface area contributed by atoms with Crippen molar-refractivity contribution >= 4 is 36.4 Å². The fourth-order valence-corrected chi connectivity index (χ4v) is 2.67. The number of nitrogens with one attached hydrogen (secondary N) is 1. The normalized spacial score (nSPS) is 16.0. The molecule has 7 heteroatoms. The first-order valence-electron chi connectivity index (χ1n) is 8.07. The molecule has 1 aromatic carbocycles. The Morgan fingerprint density at radius 3 is 2.46 bits per heavy atom. The average Bonchev–Trinajstić information content (AvgIpc) is 2.53. The van der Waals surface area contributed by atoms with Crippen LogP contribution in [0.2, 0.25) is 0 Å². The van der Waals surface area contributed by atoms with E-state index in [1.807, 2.05) is 18.2 Å². The van der Waals surface area contributed by atoms with E-state index >= 15 is 0 Å². The van der Waals surface area contributed by atoms with E-state index in [0.29, 0.717) is 26.1 Å². The van der Waals surface area contributed by atoms with Gasteiger partial charge in [0.1, 0.15) is 5.54 Å². The molecule has 0 aromatic heterocycles. The van der Waals surface area contributed by atoms with Crippen LogP contribution in [0.1, 0.15) is 32.3 Å². The lowest BCUT2D eigenvalue weighted by Gasteiger charge is -2.31. The average molecular weight is 378 g/mol. The van der Waals surface area contributed by atoms with Crippen LogP contribution >= 0.6 is 24.8 Å². The maximum atomic E-state index is 12.4. The Kier molecular flexibility index (Phi) is 10.5. The van der Waals surface area contributed by atoms with Gasteiger partial charge in [-0.3, -0.25) is 9.69 Å². The van der Waals surface area contributed by atoms with Crippen molar-refractivity contribution in [2.24, 2.45) is 5.73 Å². The Morgan fingerprint density at radius 1 is 1.25 bits per heavy atom. The number of hydrogen-bond acceptors (Lipinski definition) is 4. The first-order valence-corrected chi connectivity index (χ1v) is 8.07. The lowest BCUT2D eigenvalue weighted by atomic mass is 9.90. The van der Waals surface area contributed by atoms with Crippen LogP contribution in [0.4, 0.5) is 5.69 Å². The van der Waals surface area contributed by atoms with Gasteiger partial charge < -0.3 is 15.8 Å². The van der Waals surface area contributed by atoms with Crippen LogP contribution in [-0.4, -0.2) is 42.6 Å². The zero-order chi connectivity index (χ0) is 16.0. The van der Waals surface area contributed by atoms with Crippen molar-refractivity contribution in [1.82, 2.24) is 4.90 Å². The molecule has 0 atom stereocenters. The summed E-state index contributed by atoms with van der Waals surface area (Å²) in [7, 11) is 0. The monoisotopic (exact) mass is 377 g/mol. The number of amides is 1. The summed E-state index contributed by atoms with van der Waals surface area (Å²) in [6.45, 7) is 8.31. The maximum absolute atomic E-state index is 12.4. The van der Waals surface area contributed by atoms with E-state index in [0.717, 1.165) is 25.3 Å². The van der Waals surface area contributed by atoms with Crippen molar-refractivity contribution < 1.29 is 9.53 Å². The highest BCUT2D eigenvalue weighted by molar-refractivity contribution is 5.98. The second kappa shape index (κ2) is 10.9. The van der Waals surface area contributed by atoms with Gasteiger partial charge in [0.25, 0.3) is 0 Å². The molecule has 1 aromatic rings. The second-order valence-corrected chi connectivity index (χ2v) is 5.88. The Bertz CT molecular complexity index is 504. The van der Waals surface area contributed by atoms with Gasteiger partial charge in [0.15, 0.2) is 0 Å². The topological polar surface area (TPSA) is 67.6 Å². The molecule has 5 nitrogen and oxygen atoms in total. The predicted molar refractivity (Wildman–Crippen MR) is 103 cm³/mol. The molecule has 0 saturated carbocycles. The summed E-state index contributed by atoms with van der Waals surface area (Å²) in [5.41, 5.74) is 7.40. The number of rotatable bonds is 6. The zero-order valence-electron chi connectivity index (χ0n) is 14.4. The molecule has 1 aliphatic heterocycles. The molecule has 2 rings (SSSR count). The molecule has 1 aliphatic rings. The molecule has 1 heterocycles. The number of halogens is 2. The smallest absolute Gasteiger partial charge is 0.244 e. The van der Waals surface area contributed by atoms with E-state index in [1.54, 1.807) is 0 Å². The van der Waals surface area contributed by atoms with E-state index in [2.05, 4.69) is 30.1 Å². The fraction of sp³-hybridized carbons (Fsp3) is 0.588. The Morgan fingerprint density at radius 2 is 1.88 bits per heavy atom. The summed E-state index contributed by atoms with van der Waals surface area (Å²) < 4.78 is 5.29. The fourth-order valence-electron chi connectivity index (χ4n) is 2.67. The Hall–Kier alpha value is -0.850. The van der Waals surface area contributed by atoms with E-state index in [9.17, 15) is 4.79 Å². The van der Waals surface area contributed by atoms with Gasteiger partial charge in [0, 0.05) is 25.4 Å². The van der Waals surface area contributed by atoms with Crippen molar-refractivity contribution in [3.8, 4) is 0 Å². The minimum Gasteiger partial charge on any atom is -0.381 e. The van der Waals surface area contributed by atoms with Crippen molar-refractivity contribution in [1.29, 1.82) is 0 Å². The van der Waals surface area contributed by atoms with Gasteiger partial charge in [-0.15, -0.1) is 24.8 Å². The summed E-state index contributed by atoms with van der Waals surface area (Å²) >= 11 is 0. The first kappa shape index (κ1) is 23.1. The number of nitrogens with zero attached hydrogens (tertiary/aromatic N) is 1. The van der Waals surface area contributed by atoms with E-state index in [4.69, 9.17) is 10.5 Å². The number of nitrogens with two attached hydrogens (primary N) is 1. The molecular formula is C17H29Cl2N3O2. The van der Waals surface area contributed by atoms with Crippen LogP contribution in [0.15, 0.2) is 24.3 Å². The van der Waals surface area contributed by atoms with E-state index < -0.39 is 5.54 Å². The van der Waals surface area contributed by atoms with Crippen LogP contribution in [-0.2, 0) is 16.1 Å². The van der Waals surface area contributed by atoms with Crippen LogP contribution < -0.4 is 11.1 Å². The quantitative estimate of drug-likeness (QED) is 0.799. The summed E-state index contributed by atoms with van der Waals surface area (Å²) in [4.78, 5) is 14.8.